The third-order valence-electron chi connectivity index (χ3n) is 4.63. The van der Waals surface area contributed by atoms with E-state index < -0.39 is 0 Å². The standard InChI is InChI=1S/C17H22ClN3/c1-21-10-3-2-5-12(11-19)17(21)14-7-8-15(18)13-6-4-9-20-16(13)14/h4,6-9,12,17H,2-3,5,10-11,19H2,1H3. The zero-order valence-electron chi connectivity index (χ0n) is 12.4. The molecule has 2 unspecified atom stereocenters. The Balaban J connectivity index is 2.15. The topological polar surface area (TPSA) is 42.1 Å². The van der Waals surface area contributed by atoms with Gasteiger partial charge in [-0.2, -0.15) is 0 Å². The number of nitrogens with zero attached hydrogens (tertiary/aromatic N) is 2. The van der Waals surface area contributed by atoms with Crippen LogP contribution >= 0.6 is 11.6 Å². The van der Waals surface area contributed by atoms with Gasteiger partial charge in [-0.1, -0.05) is 24.1 Å². The molecule has 0 amide bonds. The lowest BCUT2D eigenvalue weighted by Gasteiger charge is -2.32. The van der Waals surface area contributed by atoms with Gasteiger partial charge in [-0.15, -0.1) is 0 Å². The van der Waals surface area contributed by atoms with Crippen LogP contribution in [-0.2, 0) is 0 Å². The van der Waals surface area contributed by atoms with Crippen molar-refractivity contribution in [3.05, 3.63) is 41.0 Å². The largest absolute Gasteiger partial charge is 0.330 e. The van der Waals surface area contributed by atoms with Crippen molar-refractivity contribution >= 4 is 22.5 Å². The van der Waals surface area contributed by atoms with Crippen molar-refractivity contribution in [1.29, 1.82) is 0 Å². The smallest absolute Gasteiger partial charge is 0.0764 e. The molecule has 0 aliphatic carbocycles. The second kappa shape index (κ2) is 6.30. The van der Waals surface area contributed by atoms with Gasteiger partial charge in [-0.3, -0.25) is 9.88 Å². The minimum Gasteiger partial charge on any atom is -0.330 e. The number of halogens is 1. The Morgan fingerprint density at radius 2 is 2.19 bits per heavy atom. The molecular weight excluding hydrogens is 282 g/mol. The van der Waals surface area contributed by atoms with Crippen molar-refractivity contribution in [2.45, 2.75) is 25.3 Å². The molecule has 2 atom stereocenters. The summed E-state index contributed by atoms with van der Waals surface area (Å²) in [6.45, 7) is 1.82. The van der Waals surface area contributed by atoms with E-state index in [2.05, 4.69) is 23.0 Å². The molecule has 0 radical (unpaired) electrons. The fraction of sp³-hybridized carbons (Fsp3) is 0.471. The summed E-state index contributed by atoms with van der Waals surface area (Å²) in [4.78, 5) is 7.03. The molecule has 1 aliphatic heterocycles. The van der Waals surface area contributed by atoms with Crippen LogP contribution in [0.1, 0.15) is 30.9 Å². The van der Waals surface area contributed by atoms with Gasteiger partial charge in [0.15, 0.2) is 0 Å². The van der Waals surface area contributed by atoms with E-state index in [0.29, 0.717) is 18.5 Å². The number of benzene rings is 1. The summed E-state index contributed by atoms with van der Waals surface area (Å²) in [7, 11) is 2.20. The third kappa shape index (κ3) is 2.78. The van der Waals surface area contributed by atoms with Gasteiger partial charge in [0.25, 0.3) is 0 Å². The lowest BCUT2D eigenvalue weighted by Crippen LogP contribution is -2.33. The molecule has 0 saturated carbocycles. The van der Waals surface area contributed by atoms with Crippen LogP contribution in [0.3, 0.4) is 0 Å². The maximum absolute atomic E-state index is 6.33. The number of fused-ring (bicyclic) bond motifs is 1. The quantitative estimate of drug-likeness (QED) is 0.921. The van der Waals surface area contributed by atoms with E-state index in [4.69, 9.17) is 17.3 Å². The van der Waals surface area contributed by atoms with E-state index in [0.717, 1.165) is 22.5 Å². The molecule has 3 rings (SSSR count). The zero-order valence-corrected chi connectivity index (χ0v) is 13.2. The maximum atomic E-state index is 6.33. The molecule has 3 nitrogen and oxygen atoms in total. The van der Waals surface area contributed by atoms with Gasteiger partial charge in [0.2, 0.25) is 0 Å². The predicted octanol–water partition coefficient (Wildman–Crippen LogP) is 3.62. The zero-order chi connectivity index (χ0) is 14.8. The van der Waals surface area contributed by atoms with Crippen LogP contribution in [0, 0.1) is 5.92 Å². The van der Waals surface area contributed by atoms with Gasteiger partial charge < -0.3 is 5.73 Å². The predicted molar refractivity (Wildman–Crippen MR) is 88.5 cm³/mol. The number of nitrogens with two attached hydrogens (primary N) is 1. The highest BCUT2D eigenvalue weighted by atomic mass is 35.5. The number of aromatic nitrogens is 1. The SMILES string of the molecule is CN1CCCCC(CN)C1c1ccc(Cl)c2cccnc12. The van der Waals surface area contributed by atoms with Crippen LogP contribution in [0.25, 0.3) is 10.9 Å². The highest BCUT2D eigenvalue weighted by Crippen LogP contribution is 2.38. The lowest BCUT2D eigenvalue weighted by molar-refractivity contribution is 0.197. The van der Waals surface area contributed by atoms with Crippen molar-refractivity contribution in [2.24, 2.45) is 11.7 Å². The molecule has 4 heteroatoms. The number of likely N-dealkylation sites (tertiary alicyclic amines) is 1. The first-order valence-corrected chi connectivity index (χ1v) is 8.03. The van der Waals surface area contributed by atoms with Gasteiger partial charge in [-0.25, -0.2) is 0 Å². The summed E-state index contributed by atoms with van der Waals surface area (Å²) in [6.07, 6.45) is 5.52. The first kappa shape index (κ1) is 14.8. The van der Waals surface area contributed by atoms with E-state index in [1.54, 1.807) is 0 Å². The fourth-order valence-corrected chi connectivity index (χ4v) is 3.78. The second-order valence-electron chi connectivity index (χ2n) is 5.95. The van der Waals surface area contributed by atoms with E-state index in [1.165, 1.54) is 24.8 Å². The van der Waals surface area contributed by atoms with Crippen LogP contribution in [0.4, 0.5) is 0 Å². The van der Waals surface area contributed by atoms with Crippen LogP contribution in [0.15, 0.2) is 30.5 Å². The van der Waals surface area contributed by atoms with Crippen molar-refractivity contribution in [2.75, 3.05) is 20.1 Å². The number of hydrogen-bond donors (Lipinski definition) is 1. The minimum absolute atomic E-state index is 0.326. The Hall–Kier alpha value is -1.16. The number of pyridine rings is 1. The summed E-state index contributed by atoms with van der Waals surface area (Å²) in [5.41, 5.74) is 8.34. The van der Waals surface area contributed by atoms with Gasteiger partial charge in [-0.05, 0) is 62.7 Å². The van der Waals surface area contributed by atoms with E-state index in [1.807, 2.05) is 24.4 Å². The molecule has 1 aliphatic rings. The first-order valence-electron chi connectivity index (χ1n) is 7.66. The molecule has 2 N–H and O–H groups in total. The Kier molecular flexibility index (Phi) is 4.43. The molecule has 1 fully saturated rings. The average molecular weight is 304 g/mol. The van der Waals surface area contributed by atoms with Crippen LogP contribution in [-0.4, -0.2) is 30.0 Å². The highest BCUT2D eigenvalue weighted by Gasteiger charge is 2.29. The third-order valence-corrected chi connectivity index (χ3v) is 4.96. The van der Waals surface area contributed by atoms with Gasteiger partial charge in [0.05, 0.1) is 5.52 Å². The lowest BCUT2D eigenvalue weighted by atomic mass is 9.88. The van der Waals surface area contributed by atoms with Crippen molar-refractivity contribution in [3.63, 3.8) is 0 Å². The fourth-order valence-electron chi connectivity index (χ4n) is 3.56. The van der Waals surface area contributed by atoms with Gasteiger partial charge >= 0.3 is 0 Å². The van der Waals surface area contributed by atoms with Crippen molar-refractivity contribution in [3.8, 4) is 0 Å². The molecule has 2 heterocycles. The molecule has 1 saturated heterocycles. The van der Waals surface area contributed by atoms with Gasteiger partial charge in [0.1, 0.15) is 0 Å². The molecule has 112 valence electrons. The average Bonchev–Trinajstić information content (AvgIpc) is 2.70. The van der Waals surface area contributed by atoms with E-state index >= 15 is 0 Å². The molecule has 21 heavy (non-hydrogen) atoms. The van der Waals surface area contributed by atoms with Crippen LogP contribution in [0.5, 0.6) is 0 Å². The Labute approximate surface area is 131 Å². The molecule has 1 aromatic heterocycles. The first-order chi connectivity index (χ1) is 10.2. The molecule has 0 bridgehead atoms. The molecular formula is C17H22ClN3. The Bertz CT molecular complexity index is 628. The Morgan fingerprint density at radius 3 is 3.00 bits per heavy atom. The minimum atomic E-state index is 0.326. The maximum Gasteiger partial charge on any atom is 0.0764 e. The monoisotopic (exact) mass is 303 g/mol. The van der Waals surface area contributed by atoms with E-state index in [9.17, 15) is 0 Å². The summed E-state index contributed by atoms with van der Waals surface area (Å²) in [5, 5.41) is 1.80. The van der Waals surface area contributed by atoms with Crippen molar-refractivity contribution < 1.29 is 0 Å². The Morgan fingerprint density at radius 1 is 1.33 bits per heavy atom. The van der Waals surface area contributed by atoms with Crippen LogP contribution in [0.2, 0.25) is 5.02 Å². The second-order valence-corrected chi connectivity index (χ2v) is 6.36. The van der Waals surface area contributed by atoms with Gasteiger partial charge in [0, 0.05) is 22.6 Å². The molecule has 1 aromatic carbocycles. The summed E-state index contributed by atoms with van der Waals surface area (Å²) >= 11 is 6.33. The summed E-state index contributed by atoms with van der Waals surface area (Å²) in [5.74, 6) is 0.476. The highest BCUT2D eigenvalue weighted by molar-refractivity contribution is 6.35. The van der Waals surface area contributed by atoms with Crippen LogP contribution < -0.4 is 5.73 Å². The summed E-state index contributed by atoms with van der Waals surface area (Å²) < 4.78 is 0. The summed E-state index contributed by atoms with van der Waals surface area (Å²) in [6, 6.07) is 8.43. The van der Waals surface area contributed by atoms with Crippen molar-refractivity contribution in [1.82, 2.24) is 9.88 Å². The normalized spacial score (nSPS) is 24.1. The molecule has 2 aromatic rings. The number of hydrogen-bond acceptors (Lipinski definition) is 3. The molecule has 0 spiro atoms. The van der Waals surface area contributed by atoms with E-state index in [-0.39, 0.29) is 0 Å². The number of rotatable bonds is 2.